The molecule has 6 heteroatoms. The summed E-state index contributed by atoms with van der Waals surface area (Å²) in [5.41, 5.74) is -0.185. The maximum absolute atomic E-state index is 12.7. The molecule has 0 spiro atoms. The van der Waals surface area contributed by atoms with Crippen molar-refractivity contribution in [2.45, 2.75) is 44.6 Å². The normalized spacial score (nSPS) is 22.0. The molecule has 21 heavy (non-hydrogen) atoms. The predicted molar refractivity (Wildman–Crippen MR) is 77.6 cm³/mol. The first-order valence-corrected chi connectivity index (χ1v) is 7.83. The highest BCUT2D eigenvalue weighted by Gasteiger charge is 2.26. The van der Waals surface area contributed by atoms with Gasteiger partial charge < -0.3 is 4.90 Å². The summed E-state index contributed by atoms with van der Waals surface area (Å²) in [5.74, 6) is 0.628. The van der Waals surface area contributed by atoms with E-state index in [1.807, 2.05) is 0 Å². The van der Waals surface area contributed by atoms with Gasteiger partial charge >= 0.3 is 0 Å². The number of alkyl halides is 2. The molecule has 0 unspecified atom stereocenters. The zero-order chi connectivity index (χ0) is 14.7. The molecule has 4 nitrogen and oxygen atoms in total. The third-order valence-corrected chi connectivity index (χ3v) is 4.63. The van der Waals surface area contributed by atoms with Crippen molar-refractivity contribution in [3.05, 3.63) is 18.1 Å². The summed E-state index contributed by atoms with van der Waals surface area (Å²) in [6.45, 7) is 3.71. The Morgan fingerprint density at radius 2 is 1.71 bits per heavy atom. The highest BCUT2D eigenvalue weighted by molar-refractivity contribution is 5.39. The van der Waals surface area contributed by atoms with E-state index in [1.54, 1.807) is 0 Å². The summed E-state index contributed by atoms with van der Waals surface area (Å²) in [6.07, 6.45) is 5.38. The fourth-order valence-corrected chi connectivity index (χ4v) is 3.42. The van der Waals surface area contributed by atoms with Crippen LogP contribution < -0.4 is 4.90 Å². The van der Waals surface area contributed by atoms with Crippen molar-refractivity contribution in [3.63, 3.8) is 0 Å². The first-order valence-electron chi connectivity index (χ1n) is 7.83. The molecule has 0 atom stereocenters. The van der Waals surface area contributed by atoms with Gasteiger partial charge in [0.15, 0.2) is 0 Å². The summed E-state index contributed by atoms with van der Waals surface area (Å²) < 4.78 is 25.4. The van der Waals surface area contributed by atoms with Crippen LogP contribution in [0.3, 0.4) is 0 Å². The first-order chi connectivity index (χ1) is 10.2. The van der Waals surface area contributed by atoms with Crippen molar-refractivity contribution in [1.29, 1.82) is 0 Å². The van der Waals surface area contributed by atoms with E-state index >= 15 is 0 Å². The third kappa shape index (κ3) is 3.48. The minimum Gasteiger partial charge on any atom is -0.354 e. The predicted octanol–water partition coefficient (Wildman–Crippen LogP) is 2.87. The molecule has 2 heterocycles. The van der Waals surface area contributed by atoms with Gasteiger partial charge in [-0.1, -0.05) is 19.3 Å². The van der Waals surface area contributed by atoms with E-state index in [-0.39, 0.29) is 5.69 Å². The van der Waals surface area contributed by atoms with E-state index in [4.69, 9.17) is 0 Å². The number of halogens is 2. The molecule has 1 aromatic rings. The summed E-state index contributed by atoms with van der Waals surface area (Å²) in [7, 11) is 0. The van der Waals surface area contributed by atoms with Crippen LogP contribution in [-0.2, 0) is 0 Å². The van der Waals surface area contributed by atoms with Crippen LogP contribution >= 0.6 is 0 Å². The average molecular weight is 296 g/mol. The Bertz CT molecular complexity index is 455. The molecule has 3 rings (SSSR count). The van der Waals surface area contributed by atoms with Crippen molar-refractivity contribution in [2.75, 3.05) is 31.1 Å². The van der Waals surface area contributed by atoms with Crippen LogP contribution in [0.25, 0.3) is 0 Å². The Morgan fingerprint density at radius 1 is 1.00 bits per heavy atom. The Morgan fingerprint density at radius 3 is 2.38 bits per heavy atom. The lowest BCUT2D eigenvalue weighted by molar-refractivity contribution is 0.144. The van der Waals surface area contributed by atoms with E-state index in [0.29, 0.717) is 5.82 Å². The van der Waals surface area contributed by atoms with Gasteiger partial charge in [-0.3, -0.25) is 4.90 Å². The summed E-state index contributed by atoms with van der Waals surface area (Å²) >= 11 is 0. The van der Waals surface area contributed by atoms with Crippen LogP contribution in [0, 0.1) is 0 Å². The topological polar surface area (TPSA) is 32.3 Å². The Kier molecular flexibility index (Phi) is 4.63. The van der Waals surface area contributed by atoms with Crippen LogP contribution in [0.2, 0.25) is 0 Å². The zero-order valence-electron chi connectivity index (χ0n) is 12.2. The summed E-state index contributed by atoms with van der Waals surface area (Å²) in [4.78, 5) is 12.4. The van der Waals surface area contributed by atoms with Crippen molar-refractivity contribution >= 4 is 5.82 Å². The van der Waals surface area contributed by atoms with E-state index in [1.165, 1.54) is 44.5 Å². The number of rotatable bonds is 3. The molecule has 1 saturated heterocycles. The third-order valence-electron chi connectivity index (χ3n) is 4.63. The number of hydrogen-bond donors (Lipinski definition) is 0. The van der Waals surface area contributed by atoms with Gasteiger partial charge in [0.1, 0.15) is 17.8 Å². The fraction of sp³-hybridized carbons (Fsp3) is 0.733. The van der Waals surface area contributed by atoms with Gasteiger partial charge in [0.05, 0.1) is 0 Å². The highest BCUT2D eigenvalue weighted by atomic mass is 19.3. The van der Waals surface area contributed by atoms with Gasteiger partial charge in [-0.05, 0) is 12.8 Å². The molecule has 1 aliphatic carbocycles. The van der Waals surface area contributed by atoms with E-state index in [2.05, 4.69) is 19.8 Å². The quantitative estimate of drug-likeness (QED) is 0.858. The Hall–Kier alpha value is -1.30. The van der Waals surface area contributed by atoms with Gasteiger partial charge in [0, 0.05) is 38.3 Å². The standard InChI is InChI=1S/C15H22F2N4/c16-15(17)13-10-14(19-11-18-13)21-8-6-20(7-9-21)12-4-2-1-3-5-12/h10-12,15H,1-9H2. The molecular formula is C15H22F2N4. The van der Waals surface area contributed by atoms with Crippen molar-refractivity contribution in [1.82, 2.24) is 14.9 Å². The molecule has 116 valence electrons. The lowest BCUT2D eigenvalue weighted by atomic mass is 9.94. The molecule has 1 aromatic heterocycles. The van der Waals surface area contributed by atoms with Gasteiger partial charge in [0.2, 0.25) is 0 Å². The minimum absolute atomic E-state index is 0.185. The second-order valence-corrected chi connectivity index (χ2v) is 5.92. The number of hydrogen-bond acceptors (Lipinski definition) is 4. The molecule has 0 amide bonds. The molecule has 0 bridgehead atoms. The monoisotopic (exact) mass is 296 g/mol. The largest absolute Gasteiger partial charge is 0.354 e. The number of piperazine rings is 1. The maximum Gasteiger partial charge on any atom is 0.280 e. The van der Waals surface area contributed by atoms with Crippen LogP contribution in [0.4, 0.5) is 14.6 Å². The SMILES string of the molecule is FC(F)c1cc(N2CCN(C3CCCCC3)CC2)ncn1. The number of anilines is 1. The van der Waals surface area contributed by atoms with E-state index < -0.39 is 6.43 Å². The first kappa shape index (κ1) is 14.6. The molecule has 2 aliphatic rings. The second kappa shape index (κ2) is 6.64. The molecule has 1 saturated carbocycles. The average Bonchev–Trinajstić information content (AvgIpc) is 2.56. The summed E-state index contributed by atoms with van der Waals surface area (Å²) in [5, 5.41) is 0. The van der Waals surface area contributed by atoms with Gasteiger partial charge in [-0.25, -0.2) is 18.7 Å². The van der Waals surface area contributed by atoms with Crippen molar-refractivity contribution < 1.29 is 8.78 Å². The second-order valence-electron chi connectivity index (χ2n) is 5.92. The van der Waals surface area contributed by atoms with Crippen molar-refractivity contribution in [2.24, 2.45) is 0 Å². The van der Waals surface area contributed by atoms with Crippen LogP contribution in [0.15, 0.2) is 12.4 Å². The highest BCUT2D eigenvalue weighted by Crippen LogP contribution is 2.25. The summed E-state index contributed by atoms with van der Waals surface area (Å²) in [6, 6.07) is 2.14. The van der Waals surface area contributed by atoms with Crippen molar-refractivity contribution in [3.8, 4) is 0 Å². The van der Waals surface area contributed by atoms with E-state index in [0.717, 1.165) is 32.2 Å². The number of nitrogens with zero attached hydrogens (tertiary/aromatic N) is 4. The van der Waals surface area contributed by atoms with Crippen LogP contribution in [0.1, 0.15) is 44.2 Å². The van der Waals surface area contributed by atoms with E-state index in [9.17, 15) is 8.78 Å². The molecule has 0 N–H and O–H groups in total. The van der Waals surface area contributed by atoms with Gasteiger partial charge in [-0.15, -0.1) is 0 Å². The molecule has 2 fully saturated rings. The molecule has 0 aromatic carbocycles. The lowest BCUT2D eigenvalue weighted by Gasteiger charge is -2.41. The van der Waals surface area contributed by atoms with Crippen LogP contribution in [-0.4, -0.2) is 47.1 Å². The molecule has 1 aliphatic heterocycles. The Labute approximate surface area is 124 Å². The van der Waals surface area contributed by atoms with Gasteiger partial charge in [-0.2, -0.15) is 0 Å². The lowest BCUT2D eigenvalue weighted by Crippen LogP contribution is -2.51. The molecule has 0 radical (unpaired) electrons. The number of aromatic nitrogens is 2. The maximum atomic E-state index is 12.7. The molecular weight excluding hydrogens is 274 g/mol. The smallest absolute Gasteiger partial charge is 0.280 e. The Balaban J connectivity index is 1.59. The fourth-order valence-electron chi connectivity index (χ4n) is 3.42. The zero-order valence-corrected chi connectivity index (χ0v) is 12.2. The van der Waals surface area contributed by atoms with Crippen LogP contribution in [0.5, 0.6) is 0 Å². The van der Waals surface area contributed by atoms with Gasteiger partial charge in [0.25, 0.3) is 6.43 Å². The minimum atomic E-state index is -2.53.